The monoisotopic (exact) mass is 257 g/mol. The molecule has 1 aromatic carbocycles. The molecule has 4 heteroatoms. The zero-order chi connectivity index (χ0) is 13.4. The van der Waals surface area contributed by atoms with Gasteiger partial charge < -0.3 is 10.1 Å². The van der Waals surface area contributed by atoms with Crippen LogP contribution in [0.5, 0.6) is 0 Å². The molecule has 0 aromatic heterocycles. The summed E-state index contributed by atoms with van der Waals surface area (Å²) in [4.78, 5) is 0. The lowest BCUT2D eigenvalue weighted by molar-refractivity contribution is 0.110. The minimum Gasteiger partial charge on any atom is -0.379 e. The second-order valence-corrected chi connectivity index (χ2v) is 4.22. The largest absolute Gasteiger partial charge is 0.379 e. The first kappa shape index (κ1) is 15.1. The Hall–Kier alpha value is -1.00. The number of benzene rings is 1. The minimum absolute atomic E-state index is 0.0713. The zero-order valence-electron chi connectivity index (χ0n) is 11.0. The number of ether oxygens (including phenoxy) is 1. The summed E-state index contributed by atoms with van der Waals surface area (Å²) in [6.07, 6.45) is 1.79. The van der Waals surface area contributed by atoms with Crippen LogP contribution in [0.25, 0.3) is 0 Å². The van der Waals surface area contributed by atoms with Gasteiger partial charge in [-0.05, 0) is 31.5 Å². The molecule has 1 atom stereocenters. The predicted molar refractivity (Wildman–Crippen MR) is 68.5 cm³/mol. The van der Waals surface area contributed by atoms with Crippen molar-refractivity contribution in [3.05, 3.63) is 35.4 Å². The van der Waals surface area contributed by atoms with E-state index in [1.165, 1.54) is 18.2 Å². The van der Waals surface area contributed by atoms with Crippen molar-refractivity contribution in [3.8, 4) is 0 Å². The fourth-order valence-corrected chi connectivity index (χ4v) is 1.75. The molecule has 0 aliphatic rings. The molecule has 2 nitrogen and oxygen atoms in total. The summed E-state index contributed by atoms with van der Waals surface area (Å²) < 4.78 is 32.8. The van der Waals surface area contributed by atoms with E-state index in [0.717, 1.165) is 12.8 Å². The fourth-order valence-electron chi connectivity index (χ4n) is 1.75. The van der Waals surface area contributed by atoms with E-state index < -0.39 is 17.7 Å². The Bertz CT molecular complexity index is 337. The highest BCUT2D eigenvalue weighted by Crippen LogP contribution is 2.21. The Balaban J connectivity index is 2.79. The lowest BCUT2D eigenvalue weighted by atomic mass is 10.1. The molecule has 0 spiro atoms. The van der Waals surface area contributed by atoms with E-state index in [9.17, 15) is 8.78 Å². The summed E-state index contributed by atoms with van der Waals surface area (Å²) in [5.74, 6) is -1.05. The van der Waals surface area contributed by atoms with Crippen LogP contribution in [0, 0.1) is 11.6 Å². The Kier molecular flexibility index (Phi) is 6.83. The molecule has 18 heavy (non-hydrogen) atoms. The van der Waals surface area contributed by atoms with Gasteiger partial charge >= 0.3 is 0 Å². The van der Waals surface area contributed by atoms with E-state index in [0.29, 0.717) is 13.2 Å². The molecule has 0 amide bonds. The van der Waals surface area contributed by atoms with Crippen LogP contribution in [0.3, 0.4) is 0 Å². The second kappa shape index (κ2) is 8.16. The van der Waals surface area contributed by atoms with Gasteiger partial charge in [0.2, 0.25) is 0 Å². The normalized spacial score (nSPS) is 12.7. The molecule has 1 N–H and O–H groups in total. The third-order valence-electron chi connectivity index (χ3n) is 2.62. The Labute approximate surface area is 107 Å². The molecule has 0 bridgehead atoms. The molecule has 1 aromatic rings. The summed E-state index contributed by atoms with van der Waals surface area (Å²) >= 11 is 0. The second-order valence-electron chi connectivity index (χ2n) is 4.22. The average Bonchev–Trinajstić information content (AvgIpc) is 2.35. The van der Waals surface area contributed by atoms with E-state index in [4.69, 9.17) is 4.74 Å². The summed E-state index contributed by atoms with van der Waals surface area (Å²) in [5, 5.41) is 3.12. The number of nitrogens with one attached hydrogen (secondary N) is 1. The van der Waals surface area contributed by atoms with Crippen molar-refractivity contribution in [2.75, 3.05) is 19.8 Å². The first-order valence-corrected chi connectivity index (χ1v) is 6.45. The topological polar surface area (TPSA) is 21.3 Å². The predicted octanol–water partition coefficient (Wildman–Crippen LogP) is 3.43. The van der Waals surface area contributed by atoms with Gasteiger partial charge in [-0.3, -0.25) is 0 Å². The smallest absolute Gasteiger partial charge is 0.131 e. The van der Waals surface area contributed by atoms with Gasteiger partial charge in [-0.15, -0.1) is 0 Å². The Morgan fingerprint density at radius 1 is 1.17 bits per heavy atom. The van der Waals surface area contributed by atoms with E-state index in [-0.39, 0.29) is 12.2 Å². The Morgan fingerprint density at radius 2 is 1.83 bits per heavy atom. The molecule has 0 saturated heterocycles. The Morgan fingerprint density at radius 3 is 2.39 bits per heavy atom. The van der Waals surface area contributed by atoms with Gasteiger partial charge in [-0.2, -0.15) is 0 Å². The fraction of sp³-hybridized carbons (Fsp3) is 0.571. The van der Waals surface area contributed by atoms with Gasteiger partial charge in [0, 0.05) is 12.2 Å². The van der Waals surface area contributed by atoms with Crippen molar-refractivity contribution < 1.29 is 13.5 Å². The lowest BCUT2D eigenvalue weighted by Gasteiger charge is -2.20. The zero-order valence-corrected chi connectivity index (χ0v) is 11.0. The molecule has 0 heterocycles. The standard InChI is InChI=1S/C14H21F2NO/c1-3-8-17-13(10-18-9-4-2)14-11(15)6-5-7-12(14)16/h5-7,13,17H,3-4,8-10H2,1-2H3. The van der Waals surface area contributed by atoms with Crippen LogP contribution >= 0.6 is 0 Å². The molecule has 1 rings (SSSR count). The maximum absolute atomic E-state index is 13.7. The van der Waals surface area contributed by atoms with E-state index in [1.807, 2.05) is 13.8 Å². The van der Waals surface area contributed by atoms with Crippen LogP contribution in [0.15, 0.2) is 18.2 Å². The molecule has 0 aliphatic heterocycles. The van der Waals surface area contributed by atoms with Crippen molar-refractivity contribution >= 4 is 0 Å². The third kappa shape index (κ3) is 4.35. The summed E-state index contributed by atoms with van der Waals surface area (Å²) in [6, 6.07) is 3.49. The van der Waals surface area contributed by atoms with Gasteiger partial charge in [0.25, 0.3) is 0 Å². The van der Waals surface area contributed by atoms with Crippen LogP contribution in [0.2, 0.25) is 0 Å². The van der Waals surface area contributed by atoms with Crippen molar-refractivity contribution in [1.29, 1.82) is 0 Å². The molecule has 0 saturated carbocycles. The first-order valence-electron chi connectivity index (χ1n) is 6.45. The van der Waals surface area contributed by atoms with Crippen LogP contribution in [-0.4, -0.2) is 19.8 Å². The van der Waals surface area contributed by atoms with Crippen molar-refractivity contribution in [2.45, 2.75) is 32.7 Å². The molecule has 102 valence electrons. The van der Waals surface area contributed by atoms with Crippen LogP contribution in [0.1, 0.15) is 38.3 Å². The van der Waals surface area contributed by atoms with Gasteiger partial charge in [-0.1, -0.05) is 19.9 Å². The van der Waals surface area contributed by atoms with E-state index >= 15 is 0 Å². The third-order valence-corrected chi connectivity index (χ3v) is 2.62. The number of hydrogen-bond acceptors (Lipinski definition) is 2. The molecular weight excluding hydrogens is 236 g/mol. The van der Waals surface area contributed by atoms with Crippen LogP contribution < -0.4 is 5.32 Å². The summed E-state index contributed by atoms with van der Waals surface area (Å²) in [5.41, 5.74) is 0.0713. The average molecular weight is 257 g/mol. The number of rotatable bonds is 8. The highest BCUT2D eigenvalue weighted by molar-refractivity contribution is 5.23. The summed E-state index contributed by atoms with van der Waals surface area (Å²) in [7, 11) is 0. The number of halogens is 2. The highest BCUT2D eigenvalue weighted by Gasteiger charge is 2.19. The van der Waals surface area contributed by atoms with E-state index in [2.05, 4.69) is 5.32 Å². The van der Waals surface area contributed by atoms with Crippen molar-refractivity contribution in [1.82, 2.24) is 5.32 Å². The molecule has 0 radical (unpaired) electrons. The maximum atomic E-state index is 13.7. The summed E-state index contributed by atoms with van der Waals surface area (Å²) in [6.45, 7) is 5.59. The highest BCUT2D eigenvalue weighted by atomic mass is 19.1. The SMILES string of the molecule is CCCNC(COCCC)c1c(F)cccc1F. The molecule has 0 fully saturated rings. The van der Waals surface area contributed by atoms with Crippen molar-refractivity contribution in [2.24, 2.45) is 0 Å². The quantitative estimate of drug-likeness (QED) is 0.720. The molecule has 1 unspecified atom stereocenters. The minimum atomic E-state index is -0.524. The van der Waals surface area contributed by atoms with Gasteiger partial charge in [-0.25, -0.2) is 8.78 Å². The van der Waals surface area contributed by atoms with Gasteiger partial charge in [0.05, 0.1) is 12.6 Å². The van der Waals surface area contributed by atoms with Crippen LogP contribution in [0.4, 0.5) is 8.78 Å². The molecule has 0 aliphatic carbocycles. The van der Waals surface area contributed by atoms with Crippen molar-refractivity contribution in [3.63, 3.8) is 0 Å². The lowest BCUT2D eigenvalue weighted by Crippen LogP contribution is -2.28. The first-order chi connectivity index (χ1) is 8.70. The van der Waals surface area contributed by atoms with Gasteiger partial charge in [0.1, 0.15) is 11.6 Å². The van der Waals surface area contributed by atoms with E-state index in [1.54, 1.807) is 0 Å². The maximum Gasteiger partial charge on any atom is 0.131 e. The van der Waals surface area contributed by atoms with Crippen LogP contribution in [-0.2, 0) is 4.74 Å². The number of hydrogen-bond donors (Lipinski definition) is 1. The van der Waals surface area contributed by atoms with Gasteiger partial charge in [0.15, 0.2) is 0 Å². The molecular formula is C14H21F2NO.